The van der Waals surface area contributed by atoms with Crippen LogP contribution >= 0.6 is 0 Å². The molecular weight excluding hydrogens is 438 g/mol. The Balaban J connectivity index is 1.65. The number of methoxy groups -OCH3 is 2. The molecule has 0 aliphatic rings. The summed E-state index contributed by atoms with van der Waals surface area (Å²) in [4.78, 5) is 41.0. The van der Waals surface area contributed by atoms with Gasteiger partial charge in [0.15, 0.2) is 11.5 Å². The van der Waals surface area contributed by atoms with E-state index >= 15 is 0 Å². The van der Waals surface area contributed by atoms with Crippen molar-refractivity contribution < 1.29 is 14.3 Å². The van der Waals surface area contributed by atoms with Crippen LogP contribution in [0.1, 0.15) is 11.1 Å². The van der Waals surface area contributed by atoms with E-state index in [0.717, 1.165) is 11.1 Å². The van der Waals surface area contributed by atoms with Crippen LogP contribution in [0.3, 0.4) is 0 Å². The normalized spacial score (nSPS) is 10.6. The second-order valence-corrected chi connectivity index (χ2v) is 7.71. The van der Waals surface area contributed by atoms with E-state index in [0.29, 0.717) is 24.5 Å². The van der Waals surface area contributed by atoms with Gasteiger partial charge in [-0.15, -0.1) is 0 Å². The maximum atomic E-state index is 12.5. The van der Waals surface area contributed by atoms with Gasteiger partial charge in [0, 0.05) is 13.6 Å². The van der Waals surface area contributed by atoms with Crippen molar-refractivity contribution in [2.24, 2.45) is 0 Å². The van der Waals surface area contributed by atoms with Gasteiger partial charge in [0.1, 0.15) is 11.5 Å². The number of nitrogens with two attached hydrogens (primary N) is 1. The maximum Gasteiger partial charge on any atom is 0.330 e. The highest BCUT2D eigenvalue weighted by Crippen LogP contribution is 2.27. The van der Waals surface area contributed by atoms with Gasteiger partial charge in [0.25, 0.3) is 5.56 Å². The lowest BCUT2D eigenvalue weighted by molar-refractivity contribution is -0.119. The van der Waals surface area contributed by atoms with E-state index < -0.39 is 11.2 Å². The van der Waals surface area contributed by atoms with E-state index in [-0.39, 0.29) is 30.5 Å². The summed E-state index contributed by atoms with van der Waals surface area (Å²) in [6, 6.07) is 14.8. The van der Waals surface area contributed by atoms with Crippen molar-refractivity contribution in [1.82, 2.24) is 14.9 Å². The number of rotatable bonds is 10. The lowest BCUT2D eigenvalue weighted by Crippen LogP contribution is -2.41. The van der Waals surface area contributed by atoms with Gasteiger partial charge in [-0.2, -0.15) is 0 Å². The Hall–Kier alpha value is -4.21. The number of H-pyrrole nitrogens is 1. The number of nitrogens with zero attached hydrogens (tertiary/aromatic N) is 2. The summed E-state index contributed by atoms with van der Waals surface area (Å²) in [5.41, 5.74) is 6.81. The number of carbonyl (C=O) groups excluding carboxylic acids is 1. The average Bonchev–Trinajstić information content (AvgIpc) is 2.82. The van der Waals surface area contributed by atoms with Gasteiger partial charge in [0.05, 0.1) is 27.3 Å². The Kier molecular flexibility index (Phi) is 7.96. The predicted molar refractivity (Wildman–Crippen MR) is 131 cm³/mol. The third kappa shape index (κ3) is 5.77. The van der Waals surface area contributed by atoms with E-state index in [1.54, 1.807) is 21.3 Å². The van der Waals surface area contributed by atoms with Gasteiger partial charge in [-0.25, -0.2) is 4.79 Å². The number of aromatic amines is 1. The fourth-order valence-corrected chi connectivity index (χ4v) is 3.60. The number of likely N-dealkylation sites (N-methyl/N-ethyl adjacent to an activating group) is 1. The van der Waals surface area contributed by atoms with E-state index in [2.05, 4.69) is 10.3 Å². The van der Waals surface area contributed by atoms with Crippen molar-refractivity contribution in [3.05, 3.63) is 80.5 Å². The maximum absolute atomic E-state index is 12.5. The topological polar surface area (TPSA) is 132 Å². The number of nitrogens with one attached hydrogen (secondary N) is 2. The largest absolute Gasteiger partial charge is 0.493 e. The molecule has 0 atom stereocenters. The Morgan fingerprint density at radius 3 is 2.44 bits per heavy atom. The highest BCUT2D eigenvalue weighted by Gasteiger charge is 2.18. The molecule has 0 radical (unpaired) electrons. The van der Waals surface area contributed by atoms with E-state index in [1.807, 2.05) is 48.5 Å². The molecule has 4 N–H and O–H groups in total. The summed E-state index contributed by atoms with van der Waals surface area (Å²) in [5, 5.41) is 2.83. The molecule has 0 saturated heterocycles. The van der Waals surface area contributed by atoms with Gasteiger partial charge < -0.3 is 25.4 Å². The number of hydrogen-bond donors (Lipinski definition) is 3. The van der Waals surface area contributed by atoms with Crippen LogP contribution in [0.4, 0.5) is 11.5 Å². The highest BCUT2D eigenvalue weighted by atomic mass is 16.5. The van der Waals surface area contributed by atoms with Crippen LogP contribution < -0.4 is 36.7 Å². The molecule has 1 heterocycles. The molecule has 0 unspecified atom stereocenters. The molecule has 0 aliphatic carbocycles. The first-order valence-corrected chi connectivity index (χ1v) is 10.7. The minimum Gasteiger partial charge on any atom is -0.493 e. The number of hydrogen-bond acceptors (Lipinski definition) is 7. The highest BCUT2D eigenvalue weighted by molar-refractivity contribution is 5.82. The number of amides is 1. The van der Waals surface area contributed by atoms with Crippen molar-refractivity contribution in [2.45, 2.75) is 13.0 Å². The smallest absolute Gasteiger partial charge is 0.330 e. The number of anilines is 2. The molecular formula is C24H29N5O5. The van der Waals surface area contributed by atoms with Gasteiger partial charge >= 0.3 is 5.69 Å². The number of nitrogen functional groups attached to an aromatic ring is 1. The zero-order chi connectivity index (χ0) is 24.7. The third-order valence-electron chi connectivity index (χ3n) is 5.34. The Morgan fingerprint density at radius 2 is 1.76 bits per heavy atom. The molecule has 3 rings (SSSR count). The SMILES string of the molecule is COc1ccc(CCNC(=O)CN(C)c2c(N)n(Cc3ccccc3)c(=O)[nH]c2=O)cc1OC. The molecule has 34 heavy (non-hydrogen) atoms. The standard InChI is InChI=1S/C24H29N5O5/c1-28(15-20(30)26-12-11-16-9-10-18(33-2)19(13-16)34-3)21-22(25)29(24(32)27-23(21)31)14-17-7-5-4-6-8-17/h4-10,13H,11-12,14-15,25H2,1-3H3,(H,26,30)(H,27,31,32). The zero-order valence-electron chi connectivity index (χ0n) is 19.5. The van der Waals surface area contributed by atoms with Crippen LogP contribution in [0.25, 0.3) is 0 Å². The van der Waals surface area contributed by atoms with Crippen molar-refractivity contribution in [3.8, 4) is 11.5 Å². The average molecular weight is 468 g/mol. The first kappa shape index (κ1) is 24.4. The molecule has 2 aromatic carbocycles. The summed E-state index contributed by atoms with van der Waals surface area (Å²) in [5.74, 6) is 0.959. The molecule has 1 amide bonds. The Bertz CT molecular complexity index is 1250. The predicted octanol–water partition coefficient (Wildman–Crippen LogP) is 0.979. The minimum absolute atomic E-state index is 0.00164. The number of benzene rings is 2. The fourth-order valence-electron chi connectivity index (χ4n) is 3.60. The molecule has 1 aromatic heterocycles. The summed E-state index contributed by atoms with van der Waals surface area (Å²) in [7, 11) is 4.71. The van der Waals surface area contributed by atoms with Gasteiger partial charge in [-0.05, 0) is 29.7 Å². The molecule has 180 valence electrons. The van der Waals surface area contributed by atoms with Crippen LogP contribution in [0, 0.1) is 0 Å². The number of ether oxygens (including phenoxy) is 2. The molecule has 10 nitrogen and oxygen atoms in total. The van der Waals surface area contributed by atoms with Crippen LogP contribution in [0.2, 0.25) is 0 Å². The summed E-state index contributed by atoms with van der Waals surface area (Å²) >= 11 is 0. The number of carbonyl (C=O) groups is 1. The lowest BCUT2D eigenvalue weighted by atomic mass is 10.1. The van der Waals surface area contributed by atoms with Crippen LogP contribution in [0.5, 0.6) is 11.5 Å². The first-order chi connectivity index (χ1) is 16.3. The zero-order valence-corrected chi connectivity index (χ0v) is 19.5. The van der Waals surface area contributed by atoms with Crippen molar-refractivity contribution in [2.75, 3.05) is 45.0 Å². The van der Waals surface area contributed by atoms with Crippen molar-refractivity contribution in [1.29, 1.82) is 0 Å². The molecule has 0 saturated carbocycles. The van der Waals surface area contributed by atoms with Gasteiger partial charge in [-0.3, -0.25) is 19.1 Å². The fraction of sp³-hybridized carbons (Fsp3) is 0.292. The summed E-state index contributed by atoms with van der Waals surface area (Å²) in [6.07, 6.45) is 0.584. The number of aromatic nitrogens is 2. The van der Waals surface area contributed by atoms with E-state index in [4.69, 9.17) is 15.2 Å². The minimum atomic E-state index is -0.646. The van der Waals surface area contributed by atoms with Crippen LogP contribution in [-0.2, 0) is 17.8 Å². The summed E-state index contributed by atoms with van der Waals surface area (Å²) < 4.78 is 11.8. The second-order valence-electron chi connectivity index (χ2n) is 7.71. The lowest BCUT2D eigenvalue weighted by Gasteiger charge is -2.21. The first-order valence-electron chi connectivity index (χ1n) is 10.7. The van der Waals surface area contributed by atoms with Crippen LogP contribution in [0.15, 0.2) is 58.1 Å². The molecule has 0 spiro atoms. The summed E-state index contributed by atoms with van der Waals surface area (Å²) in [6.45, 7) is 0.477. The monoisotopic (exact) mass is 467 g/mol. The molecule has 3 aromatic rings. The Morgan fingerprint density at radius 1 is 1.06 bits per heavy atom. The third-order valence-corrected chi connectivity index (χ3v) is 5.34. The van der Waals surface area contributed by atoms with Crippen LogP contribution in [-0.4, -0.2) is 49.8 Å². The quantitative estimate of drug-likeness (QED) is 0.405. The molecule has 10 heteroatoms. The van der Waals surface area contributed by atoms with Gasteiger partial charge in [0.2, 0.25) is 5.91 Å². The molecule has 0 aliphatic heterocycles. The van der Waals surface area contributed by atoms with Crippen molar-refractivity contribution in [3.63, 3.8) is 0 Å². The van der Waals surface area contributed by atoms with E-state index in [9.17, 15) is 14.4 Å². The van der Waals surface area contributed by atoms with Gasteiger partial charge in [-0.1, -0.05) is 36.4 Å². The Labute approximate surface area is 196 Å². The van der Waals surface area contributed by atoms with Crippen molar-refractivity contribution >= 4 is 17.4 Å². The van der Waals surface area contributed by atoms with E-state index in [1.165, 1.54) is 9.47 Å². The molecule has 0 fully saturated rings. The molecule has 0 bridgehead atoms. The second kappa shape index (κ2) is 11.1.